The SMILES string of the molecule is CCOP(=O)(OCC)C1SC(C)=C(SC)S1. The molecule has 7 heteroatoms. The summed E-state index contributed by atoms with van der Waals surface area (Å²) >= 11 is 4.88. The summed E-state index contributed by atoms with van der Waals surface area (Å²) in [6, 6.07) is 0. The molecule has 1 aliphatic heterocycles. The molecule has 0 radical (unpaired) electrons. The van der Waals surface area contributed by atoms with Crippen molar-refractivity contribution in [2.45, 2.75) is 25.1 Å². The van der Waals surface area contributed by atoms with Crippen molar-refractivity contribution in [1.82, 2.24) is 0 Å². The second-order valence-electron chi connectivity index (χ2n) is 2.97. The lowest BCUT2D eigenvalue weighted by atomic mass is 10.7. The van der Waals surface area contributed by atoms with Crippen LogP contribution in [0, 0.1) is 0 Å². The van der Waals surface area contributed by atoms with Crippen LogP contribution < -0.4 is 0 Å². The average molecular weight is 300 g/mol. The Hall–Kier alpha value is 0.940. The van der Waals surface area contributed by atoms with Crippen LogP contribution in [-0.2, 0) is 13.6 Å². The Balaban J connectivity index is 2.74. The van der Waals surface area contributed by atoms with Gasteiger partial charge in [-0.3, -0.25) is 4.57 Å². The maximum Gasteiger partial charge on any atom is 0.354 e. The van der Waals surface area contributed by atoms with Gasteiger partial charge in [0.1, 0.15) is 0 Å². The molecule has 0 aromatic carbocycles. The highest BCUT2D eigenvalue weighted by atomic mass is 32.2. The van der Waals surface area contributed by atoms with Crippen LogP contribution >= 0.6 is 42.9 Å². The molecule has 1 atom stereocenters. The van der Waals surface area contributed by atoms with Crippen molar-refractivity contribution >= 4 is 42.9 Å². The molecule has 1 heterocycles. The zero-order valence-corrected chi connectivity index (χ0v) is 13.2. The molecule has 94 valence electrons. The van der Waals surface area contributed by atoms with Gasteiger partial charge in [-0.05, 0) is 27.0 Å². The minimum absolute atomic E-state index is 0.144. The molecule has 0 aliphatic carbocycles. The summed E-state index contributed by atoms with van der Waals surface area (Å²) in [5.41, 5.74) is 0. The second kappa shape index (κ2) is 6.76. The lowest BCUT2D eigenvalue weighted by Crippen LogP contribution is -2.04. The fourth-order valence-corrected chi connectivity index (χ4v) is 8.53. The van der Waals surface area contributed by atoms with Crippen LogP contribution in [0.4, 0.5) is 0 Å². The van der Waals surface area contributed by atoms with Crippen molar-refractivity contribution in [2.24, 2.45) is 0 Å². The third-order valence-corrected chi connectivity index (χ3v) is 9.55. The highest BCUT2D eigenvalue weighted by Crippen LogP contribution is 2.68. The Morgan fingerprint density at radius 2 is 1.88 bits per heavy atom. The standard InChI is InChI=1S/C9H17O3PS3/c1-5-11-13(10,12-6-2)9-15-7(3)8(14-4)16-9/h9H,5-6H2,1-4H3. The molecule has 0 aromatic rings. The minimum Gasteiger partial charge on any atom is -0.307 e. The van der Waals surface area contributed by atoms with Crippen molar-refractivity contribution < 1.29 is 13.6 Å². The first-order valence-electron chi connectivity index (χ1n) is 5.04. The van der Waals surface area contributed by atoms with Crippen LogP contribution in [0.1, 0.15) is 20.8 Å². The van der Waals surface area contributed by atoms with E-state index in [0.717, 1.165) is 0 Å². The van der Waals surface area contributed by atoms with E-state index < -0.39 is 7.60 Å². The number of allylic oxidation sites excluding steroid dienone is 1. The normalized spacial score (nSPS) is 21.9. The van der Waals surface area contributed by atoms with Gasteiger partial charge in [-0.1, -0.05) is 11.8 Å². The Morgan fingerprint density at radius 3 is 2.25 bits per heavy atom. The summed E-state index contributed by atoms with van der Waals surface area (Å²) < 4.78 is 24.3. The fourth-order valence-electron chi connectivity index (χ4n) is 1.24. The van der Waals surface area contributed by atoms with Gasteiger partial charge in [-0.15, -0.1) is 23.5 Å². The van der Waals surface area contributed by atoms with Crippen LogP contribution in [0.15, 0.2) is 9.14 Å². The summed E-state index contributed by atoms with van der Waals surface area (Å²) in [6.45, 7) is 6.56. The molecular formula is C9H17O3PS3. The largest absolute Gasteiger partial charge is 0.354 e. The molecule has 16 heavy (non-hydrogen) atoms. The van der Waals surface area contributed by atoms with E-state index in [2.05, 4.69) is 0 Å². The third kappa shape index (κ3) is 3.47. The van der Waals surface area contributed by atoms with E-state index in [1.54, 1.807) is 35.3 Å². The number of thioether (sulfide) groups is 3. The number of hydrogen-bond donors (Lipinski definition) is 0. The Labute approximate surface area is 110 Å². The first kappa shape index (κ1) is 15.0. The average Bonchev–Trinajstić information content (AvgIpc) is 2.61. The van der Waals surface area contributed by atoms with E-state index in [1.165, 1.54) is 9.14 Å². The van der Waals surface area contributed by atoms with Crippen molar-refractivity contribution in [1.29, 1.82) is 0 Å². The third-order valence-electron chi connectivity index (χ3n) is 1.83. The molecule has 0 fully saturated rings. The molecule has 0 bridgehead atoms. The maximum atomic E-state index is 12.5. The molecule has 0 saturated carbocycles. The summed E-state index contributed by atoms with van der Waals surface area (Å²) in [6.07, 6.45) is 2.03. The molecular weight excluding hydrogens is 283 g/mol. The van der Waals surface area contributed by atoms with E-state index in [1.807, 2.05) is 27.0 Å². The van der Waals surface area contributed by atoms with E-state index in [-0.39, 0.29) is 4.32 Å². The number of hydrogen-bond acceptors (Lipinski definition) is 6. The molecule has 1 unspecified atom stereocenters. The van der Waals surface area contributed by atoms with Crippen molar-refractivity contribution in [3.8, 4) is 0 Å². The zero-order valence-electron chi connectivity index (χ0n) is 9.89. The maximum absolute atomic E-state index is 12.5. The van der Waals surface area contributed by atoms with Crippen LogP contribution in [0.3, 0.4) is 0 Å². The summed E-state index contributed by atoms with van der Waals surface area (Å²) in [7, 11) is -2.98. The van der Waals surface area contributed by atoms with Gasteiger partial charge in [0.05, 0.1) is 17.5 Å². The van der Waals surface area contributed by atoms with Gasteiger partial charge in [-0.25, -0.2) is 0 Å². The lowest BCUT2D eigenvalue weighted by molar-refractivity contribution is 0.223. The van der Waals surface area contributed by atoms with E-state index in [9.17, 15) is 4.57 Å². The van der Waals surface area contributed by atoms with Crippen molar-refractivity contribution in [3.63, 3.8) is 0 Å². The van der Waals surface area contributed by atoms with Crippen LogP contribution in [0.2, 0.25) is 0 Å². The second-order valence-corrected chi connectivity index (χ2v) is 9.59. The van der Waals surface area contributed by atoms with E-state index >= 15 is 0 Å². The van der Waals surface area contributed by atoms with Crippen LogP contribution in [0.25, 0.3) is 0 Å². The van der Waals surface area contributed by atoms with E-state index in [4.69, 9.17) is 9.05 Å². The smallest absolute Gasteiger partial charge is 0.307 e. The Morgan fingerprint density at radius 1 is 1.31 bits per heavy atom. The summed E-state index contributed by atoms with van der Waals surface area (Å²) in [5, 5.41) is 0. The van der Waals surface area contributed by atoms with Crippen molar-refractivity contribution in [3.05, 3.63) is 9.14 Å². The van der Waals surface area contributed by atoms with Gasteiger partial charge in [0, 0.05) is 4.91 Å². The fraction of sp³-hybridized carbons (Fsp3) is 0.778. The summed E-state index contributed by atoms with van der Waals surface area (Å²) in [5.74, 6) is 0. The Kier molecular flexibility index (Phi) is 6.34. The summed E-state index contributed by atoms with van der Waals surface area (Å²) in [4.78, 5) is 1.21. The monoisotopic (exact) mass is 300 g/mol. The molecule has 0 aromatic heterocycles. The van der Waals surface area contributed by atoms with E-state index in [0.29, 0.717) is 13.2 Å². The quantitative estimate of drug-likeness (QED) is 0.669. The predicted molar refractivity (Wildman–Crippen MR) is 76.0 cm³/mol. The molecule has 1 aliphatic rings. The predicted octanol–water partition coefficient (Wildman–Crippen LogP) is 4.57. The molecule has 0 saturated heterocycles. The first-order chi connectivity index (χ1) is 7.57. The molecule has 1 rings (SSSR count). The zero-order chi connectivity index (χ0) is 12.2. The van der Waals surface area contributed by atoms with Crippen LogP contribution in [-0.4, -0.2) is 23.8 Å². The highest BCUT2D eigenvalue weighted by molar-refractivity contribution is 8.35. The first-order valence-corrected chi connectivity index (χ1v) is 9.64. The minimum atomic E-state index is -2.98. The molecule has 0 spiro atoms. The van der Waals surface area contributed by atoms with Gasteiger partial charge < -0.3 is 9.05 Å². The lowest BCUT2D eigenvalue weighted by Gasteiger charge is -2.21. The van der Waals surface area contributed by atoms with Gasteiger partial charge in [0.2, 0.25) is 0 Å². The topological polar surface area (TPSA) is 35.5 Å². The van der Waals surface area contributed by atoms with Crippen LogP contribution in [0.5, 0.6) is 0 Å². The van der Waals surface area contributed by atoms with Gasteiger partial charge in [0.15, 0.2) is 4.32 Å². The molecule has 0 N–H and O–H groups in total. The highest BCUT2D eigenvalue weighted by Gasteiger charge is 2.41. The Bertz CT molecular complexity index is 309. The van der Waals surface area contributed by atoms with Gasteiger partial charge >= 0.3 is 7.60 Å². The molecule has 3 nitrogen and oxygen atoms in total. The number of rotatable bonds is 6. The molecule has 0 amide bonds. The van der Waals surface area contributed by atoms with Crippen molar-refractivity contribution in [2.75, 3.05) is 19.5 Å². The van der Waals surface area contributed by atoms with Gasteiger partial charge in [-0.2, -0.15) is 0 Å². The van der Waals surface area contributed by atoms with Gasteiger partial charge in [0.25, 0.3) is 0 Å².